The second-order valence-electron chi connectivity index (χ2n) is 7.38. The van der Waals surface area contributed by atoms with Crippen LogP contribution in [0.4, 0.5) is 0 Å². The van der Waals surface area contributed by atoms with Crippen LogP contribution in [0.3, 0.4) is 0 Å². The number of benzene rings is 1. The number of aromatic nitrogens is 2. The molecule has 0 aliphatic heterocycles. The number of H-pyrrole nitrogens is 1. The number of fused-ring (bicyclic) bond motifs is 1. The van der Waals surface area contributed by atoms with Gasteiger partial charge in [-0.25, -0.2) is 14.3 Å². The second kappa shape index (κ2) is 7.92. The van der Waals surface area contributed by atoms with Crippen LogP contribution in [0.15, 0.2) is 47.5 Å². The first-order valence-electron chi connectivity index (χ1n) is 9.54. The van der Waals surface area contributed by atoms with Crippen LogP contribution >= 0.6 is 0 Å². The van der Waals surface area contributed by atoms with Crippen molar-refractivity contribution in [3.8, 4) is 11.1 Å². The molecule has 2 aromatic heterocycles. The van der Waals surface area contributed by atoms with Crippen molar-refractivity contribution >= 4 is 22.0 Å². The van der Waals surface area contributed by atoms with Gasteiger partial charge in [0.05, 0.1) is 11.0 Å². The van der Waals surface area contributed by atoms with E-state index in [0.717, 1.165) is 35.0 Å². The summed E-state index contributed by atoms with van der Waals surface area (Å²) < 4.78 is 11.3. The van der Waals surface area contributed by atoms with E-state index in [1.807, 2.05) is 36.5 Å². The summed E-state index contributed by atoms with van der Waals surface area (Å²) in [5.74, 6) is 0.675. The van der Waals surface area contributed by atoms with E-state index in [2.05, 4.69) is 16.0 Å². The van der Waals surface area contributed by atoms with Crippen molar-refractivity contribution < 1.29 is 9.32 Å². The number of aliphatic hydroxyl groups excluding tert-OH is 1. The quantitative estimate of drug-likeness (QED) is 0.638. The van der Waals surface area contributed by atoms with Crippen molar-refractivity contribution in [1.82, 2.24) is 9.97 Å². The van der Waals surface area contributed by atoms with Crippen molar-refractivity contribution in [3.63, 3.8) is 0 Å². The minimum Gasteiger partial charge on any atom is -0.393 e. The highest BCUT2D eigenvalue weighted by atomic mass is 32.2. The van der Waals surface area contributed by atoms with Gasteiger partial charge in [-0.2, -0.15) is 0 Å². The predicted molar refractivity (Wildman–Crippen MR) is 109 cm³/mol. The van der Waals surface area contributed by atoms with Crippen LogP contribution in [-0.2, 0) is 11.0 Å². The molecule has 0 radical (unpaired) electrons. The first-order chi connectivity index (χ1) is 13.1. The lowest BCUT2D eigenvalue weighted by molar-refractivity contribution is 0.183. The fraction of sp³-hybridized carbons (Fsp3) is 0.381. The van der Waals surface area contributed by atoms with Gasteiger partial charge in [-0.3, -0.25) is 0 Å². The Morgan fingerprint density at radius 1 is 1.07 bits per heavy atom. The van der Waals surface area contributed by atoms with E-state index in [9.17, 15) is 4.21 Å². The highest BCUT2D eigenvalue weighted by molar-refractivity contribution is 7.82. The first kappa shape index (κ1) is 18.3. The van der Waals surface area contributed by atoms with Gasteiger partial charge in [0, 0.05) is 17.3 Å². The number of hydrogen-bond acceptors (Lipinski definition) is 3. The minimum atomic E-state index is -1.43. The number of rotatable bonds is 3. The lowest BCUT2D eigenvalue weighted by Gasteiger charge is -2.04. The average Bonchev–Trinajstić information content (AvgIpc) is 3.26. The monoisotopic (exact) mass is 383 g/mol. The van der Waals surface area contributed by atoms with Crippen molar-refractivity contribution in [2.75, 3.05) is 0 Å². The Morgan fingerprint density at radius 3 is 2.33 bits per heavy atom. The zero-order valence-corrected chi connectivity index (χ0v) is 16.0. The van der Waals surface area contributed by atoms with E-state index in [1.54, 1.807) is 0 Å². The average molecular weight is 384 g/mol. The number of aliphatic hydroxyl groups is 1. The van der Waals surface area contributed by atoms with Crippen LogP contribution in [-0.4, -0.2) is 25.4 Å². The van der Waals surface area contributed by atoms with Gasteiger partial charge in [0.2, 0.25) is 0 Å². The van der Waals surface area contributed by atoms with Gasteiger partial charge in [0.25, 0.3) is 0 Å². The third kappa shape index (κ3) is 4.29. The van der Waals surface area contributed by atoms with E-state index in [1.165, 1.54) is 31.4 Å². The predicted octanol–water partition coefficient (Wildman–Crippen LogP) is 4.01. The van der Waals surface area contributed by atoms with E-state index in [4.69, 9.17) is 10.2 Å². The van der Waals surface area contributed by atoms with E-state index >= 15 is 0 Å². The van der Waals surface area contributed by atoms with Gasteiger partial charge in [0.1, 0.15) is 16.6 Å². The Balaban J connectivity index is 0.000000257. The molecule has 5 nitrogen and oxygen atoms in total. The fourth-order valence-corrected chi connectivity index (χ4v) is 3.99. The van der Waals surface area contributed by atoms with Crippen molar-refractivity contribution in [1.29, 1.82) is 0 Å². The lowest BCUT2D eigenvalue weighted by atomic mass is 10.0. The largest absolute Gasteiger partial charge is 0.393 e. The molecule has 1 aromatic carbocycles. The number of nitrogens with one attached hydrogen (secondary N) is 1. The van der Waals surface area contributed by atoms with Crippen LogP contribution in [0.5, 0.6) is 0 Å². The molecule has 0 amide bonds. The van der Waals surface area contributed by atoms with Gasteiger partial charge >= 0.3 is 0 Å². The number of hydrogen-bond donors (Lipinski definition) is 3. The van der Waals surface area contributed by atoms with Crippen molar-refractivity contribution in [3.05, 3.63) is 48.3 Å². The second-order valence-corrected chi connectivity index (χ2v) is 8.45. The van der Waals surface area contributed by atoms with Crippen LogP contribution in [0, 0.1) is 0 Å². The summed E-state index contributed by atoms with van der Waals surface area (Å²) >= 11 is 0. The van der Waals surface area contributed by atoms with Crippen LogP contribution < -0.4 is 5.14 Å². The number of pyridine rings is 1. The van der Waals surface area contributed by atoms with Crippen LogP contribution in [0.2, 0.25) is 0 Å². The van der Waals surface area contributed by atoms with E-state index in [-0.39, 0.29) is 6.10 Å². The third-order valence-electron chi connectivity index (χ3n) is 5.29. The Morgan fingerprint density at radius 2 is 1.78 bits per heavy atom. The maximum absolute atomic E-state index is 11.3. The molecule has 2 aliphatic carbocycles. The molecule has 2 saturated carbocycles. The molecule has 0 saturated heterocycles. The SMILES string of the molecule is NS(=O)c1ccc(-c2ccnc3[nH]c(C4CC4)cc23)cc1.OC1CCCC1. The molecule has 2 fully saturated rings. The van der Waals surface area contributed by atoms with Gasteiger partial charge in [-0.05, 0) is 67.0 Å². The highest BCUT2D eigenvalue weighted by Crippen LogP contribution is 2.41. The summed E-state index contributed by atoms with van der Waals surface area (Å²) in [6.45, 7) is 0. The zero-order chi connectivity index (χ0) is 18.8. The molecule has 1 unspecified atom stereocenters. The summed E-state index contributed by atoms with van der Waals surface area (Å²) in [6, 6.07) is 11.8. The molecule has 142 valence electrons. The number of nitrogens with two attached hydrogens (primary N) is 1. The fourth-order valence-electron chi connectivity index (χ4n) is 3.59. The standard InChI is InChI=1S/C16H15N3OS.C5H10O/c17-21(20)12-5-3-10(4-6-12)13-7-8-18-16-14(13)9-15(19-16)11-1-2-11;6-5-3-1-2-4-5/h3-9,11H,1-2,17H2,(H,18,19);5-6H,1-4H2. The van der Waals surface area contributed by atoms with Gasteiger partial charge in [-0.1, -0.05) is 25.0 Å². The summed E-state index contributed by atoms with van der Waals surface area (Å²) in [7, 11) is -1.43. The van der Waals surface area contributed by atoms with Gasteiger partial charge in [0.15, 0.2) is 0 Å². The summed E-state index contributed by atoms with van der Waals surface area (Å²) in [5, 5.41) is 15.3. The lowest BCUT2D eigenvalue weighted by Crippen LogP contribution is -2.01. The topological polar surface area (TPSA) is 92.0 Å². The third-order valence-corrected chi connectivity index (χ3v) is 6.03. The molecule has 3 aromatic rings. The maximum atomic E-state index is 11.3. The molecule has 0 spiro atoms. The van der Waals surface area contributed by atoms with Crippen LogP contribution in [0.25, 0.3) is 22.2 Å². The van der Waals surface area contributed by atoms with Crippen molar-refractivity contribution in [2.24, 2.45) is 5.14 Å². The van der Waals surface area contributed by atoms with Gasteiger partial charge in [-0.15, -0.1) is 0 Å². The Labute approximate surface area is 161 Å². The van der Waals surface area contributed by atoms with Crippen LogP contribution in [0.1, 0.15) is 50.1 Å². The smallest absolute Gasteiger partial charge is 0.138 e. The summed E-state index contributed by atoms with van der Waals surface area (Å²) in [4.78, 5) is 8.47. The molecule has 1 atom stereocenters. The maximum Gasteiger partial charge on any atom is 0.138 e. The normalized spacial score (nSPS) is 18.3. The molecule has 4 N–H and O–H groups in total. The Bertz CT molecular complexity index is 942. The number of aromatic amines is 1. The zero-order valence-electron chi connectivity index (χ0n) is 15.2. The molecular formula is C21H25N3O2S. The van der Waals surface area contributed by atoms with E-state index in [0.29, 0.717) is 10.8 Å². The molecule has 0 bridgehead atoms. The molecular weight excluding hydrogens is 358 g/mol. The summed E-state index contributed by atoms with van der Waals surface area (Å²) in [6.07, 6.45) is 8.95. The molecule has 2 aliphatic rings. The highest BCUT2D eigenvalue weighted by Gasteiger charge is 2.25. The van der Waals surface area contributed by atoms with Gasteiger partial charge < -0.3 is 10.1 Å². The molecule has 6 heteroatoms. The Hall–Kier alpha value is -2.02. The molecule has 27 heavy (non-hydrogen) atoms. The molecule has 5 rings (SSSR count). The Kier molecular flexibility index (Phi) is 5.38. The summed E-state index contributed by atoms with van der Waals surface area (Å²) in [5.41, 5.74) is 4.43. The molecule has 2 heterocycles. The van der Waals surface area contributed by atoms with Crippen molar-refractivity contribution in [2.45, 2.75) is 55.4 Å². The van der Waals surface area contributed by atoms with E-state index < -0.39 is 11.0 Å². The first-order valence-corrected chi connectivity index (χ1v) is 10.8. The number of nitrogens with zero attached hydrogens (tertiary/aromatic N) is 1. The minimum absolute atomic E-state index is 0.0463.